The number of fused-ring (bicyclic) bond motifs is 4. The topological polar surface area (TPSA) is 264 Å². The van der Waals surface area contributed by atoms with Gasteiger partial charge in [-0.05, 0) is 117 Å². The normalized spacial score (nSPS) is 18.8. The van der Waals surface area contributed by atoms with Gasteiger partial charge in [0, 0.05) is 55.5 Å². The summed E-state index contributed by atoms with van der Waals surface area (Å²) in [7, 11) is 2.96. The molecule has 5 atom stereocenters. The standard InChI is InChI=1S/C59H69BrN8O14/c1-33(2)52(64-50(69)14-10-8-11-19-65-51(70)26-42(60)57(65)75)54(72)62-36(5)53(71)63-38-17-15-37(16-18-38)32-82-59(77)68-44-28-49(47(79-7)25-41(44)56(74)67-31-35(4)23-45(67)58(68)76)81-21-13-9-12-20-80-48-27-43-40(24-46(48)78-6)55(73)66-30-34(3)22-39(66)29-61-43/h15-18,24-31,33,36,39,45,52,58,76H,8-14,19-23,32H2,1-7H3,(H,62,72)(H,63,71)(H,64,69)/t36?,39-,45?,52?,58?/m1/s1. The van der Waals surface area contributed by atoms with Crippen LogP contribution in [0.4, 0.5) is 21.9 Å². The quantitative estimate of drug-likeness (QED) is 0.0499. The van der Waals surface area contributed by atoms with Gasteiger partial charge in [0.2, 0.25) is 17.7 Å². The van der Waals surface area contributed by atoms with Crippen molar-refractivity contribution >= 4 is 86.7 Å². The minimum Gasteiger partial charge on any atom is -0.493 e. The number of imide groups is 1. The number of carbonyl (C=O) groups is 8. The molecule has 4 unspecified atom stereocenters. The number of aliphatic hydroxyl groups is 1. The third kappa shape index (κ3) is 13.8. The van der Waals surface area contributed by atoms with Crippen molar-refractivity contribution in [1.29, 1.82) is 0 Å². The molecular weight excluding hydrogens is 1120 g/mol. The van der Waals surface area contributed by atoms with Crippen LogP contribution in [0.25, 0.3) is 0 Å². The number of methoxy groups -OCH3 is 2. The van der Waals surface area contributed by atoms with Gasteiger partial charge in [0.1, 0.15) is 18.7 Å². The number of hydrogen-bond acceptors (Lipinski definition) is 15. The number of amides is 8. The van der Waals surface area contributed by atoms with Crippen molar-refractivity contribution in [2.75, 3.05) is 44.2 Å². The number of halogens is 1. The summed E-state index contributed by atoms with van der Waals surface area (Å²) in [4.78, 5) is 115. The highest BCUT2D eigenvalue weighted by molar-refractivity contribution is 9.12. The van der Waals surface area contributed by atoms with E-state index in [1.807, 2.05) is 20.0 Å². The molecule has 0 fully saturated rings. The number of hydrogen-bond donors (Lipinski definition) is 4. The molecule has 0 saturated carbocycles. The Bertz CT molecular complexity index is 3120. The third-order valence-corrected chi connectivity index (χ3v) is 15.2. The van der Waals surface area contributed by atoms with E-state index in [2.05, 4.69) is 36.9 Å². The molecule has 22 nitrogen and oxygen atoms in total. The van der Waals surface area contributed by atoms with Crippen LogP contribution >= 0.6 is 15.9 Å². The first-order valence-corrected chi connectivity index (χ1v) is 28.2. The van der Waals surface area contributed by atoms with Gasteiger partial charge >= 0.3 is 6.09 Å². The fourth-order valence-corrected chi connectivity index (χ4v) is 10.6. The van der Waals surface area contributed by atoms with Gasteiger partial charge in [0.15, 0.2) is 29.2 Å². The minimum atomic E-state index is -1.52. The number of aliphatic imine (C=N–C) groups is 1. The summed E-state index contributed by atoms with van der Waals surface area (Å²) < 4.78 is 29.6. The van der Waals surface area contributed by atoms with Crippen molar-refractivity contribution in [2.24, 2.45) is 10.9 Å². The summed E-state index contributed by atoms with van der Waals surface area (Å²) in [6, 6.07) is 9.98. The van der Waals surface area contributed by atoms with Crippen LogP contribution in [0.1, 0.15) is 119 Å². The van der Waals surface area contributed by atoms with Crippen LogP contribution < -0.4 is 39.8 Å². The highest BCUT2D eigenvalue weighted by atomic mass is 79.9. The summed E-state index contributed by atoms with van der Waals surface area (Å²) in [5.74, 6) is -1.71. The molecule has 23 heteroatoms. The lowest BCUT2D eigenvalue weighted by Gasteiger charge is -2.31. The zero-order valence-electron chi connectivity index (χ0n) is 47.0. The second-order valence-corrected chi connectivity index (χ2v) is 22.0. The van der Waals surface area contributed by atoms with Gasteiger partial charge < -0.3 is 54.5 Å². The molecule has 0 bridgehead atoms. The van der Waals surface area contributed by atoms with Crippen molar-refractivity contribution in [3.8, 4) is 23.0 Å². The predicted octanol–water partition coefficient (Wildman–Crippen LogP) is 7.55. The van der Waals surface area contributed by atoms with E-state index in [-0.39, 0.29) is 89.0 Å². The number of ether oxygens (including phenoxy) is 5. The van der Waals surface area contributed by atoms with Gasteiger partial charge in [0.05, 0.1) is 66.5 Å². The van der Waals surface area contributed by atoms with Crippen LogP contribution in [-0.2, 0) is 35.3 Å². The molecule has 0 aliphatic carbocycles. The van der Waals surface area contributed by atoms with Crippen LogP contribution in [-0.4, -0.2) is 138 Å². The van der Waals surface area contributed by atoms with E-state index in [0.29, 0.717) is 85.6 Å². The molecule has 3 aromatic rings. The van der Waals surface area contributed by atoms with E-state index in [1.54, 1.807) is 67.6 Å². The van der Waals surface area contributed by atoms with Gasteiger partial charge in [-0.1, -0.05) is 43.5 Å². The maximum Gasteiger partial charge on any atom is 0.416 e. The third-order valence-electron chi connectivity index (χ3n) is 14.6. The van der Waals surface area contributed by atoms with E-state index in [0.717, 1.165) is 27.4 Å². The van der Waals surface area contributed by atoms with Crippen LogP contribution in [0.3, 0.4) is 0 Å². The molecule has 5 heterocycles. The maximum atomic E-state index is 14.2. The number of aliphatic hydroxyl groups excluding tert-OH is 1. The van der Waals surface area contributed by atoms with E-state index in [4.69, 9.17) is 23.7 Å². The SMILES string of the molecule is COc1cc2c(cc1OCCCCCOc1cc3c(cc1OC)C(=O)N1C=C(C)CC1C(O)N3C(=O)OCc1ccc(NC(=O)C(C)NC(=O)C(NC(=O)CCCCCN3C(=O)C=C(Br)C3=O)C(C)C)cc1)N=C[C@H]1CC(C)=CN1C2=O. The van der Waals surface area contributed by atoms with Crippen LogP contribution in [0, 0.1) is 5.92 Å². The number of anilines is 2. The maximum absolute atomic E-state index is 14.2. The summed E-state index contributed by atoms with van der Waals surface area (Å²) in [6.07, 6.45) is 8.75. The Hall–Kier alpha value is -8.05. The summed E-state index contributed by atoms with van der Waals surface area (Å²) >= 11 is 3.07. The number of nitrogens with zero attached hydrogens (tertiary/aromatic N) is 5. The highest BCUT2D eigenvalue weighted by Crippen LogP contribution is 2.43. The Labute approximate surface area is 484 Å². The lowest BCUT2D eigenvalue weighted by atomic mass is 10.0. The number of benzene rings is 3. The zero-order chi connectivity index (χ0) is 58.9. The van der Waals surface area contributed by atoms with Crippen LogP contribution in [0.2, 0.25) is 0 Å². The molecule has 3 aromatic carbocycles. The second kappa shape index (κ2) is 26.7. The molecule has 436 valence electrons. The summed E-state index contributed by atoms with van der Waals surface area (Å²) in [5, 5.41) is 20.1. The van der Waals surface area contributed by atoms with Gasteiger partial charge in [0.25, 0.3) is 23.6 Å². The molecule has 0 radical (unpaired) electrons. The Morgan fingerprint density at radius 3 is 2.04 bits per heavy atom. The highest BCUT2D eigenvalue weighted by Gasteiger charge is 2.45. The van der Waals surface area contributed by atoms with Gasteiger partial charge in [-0.2, -0.15) is 0 Å². The molecule has 0 saturated heterocycles. The summed E-state index contributed by atoms with van der Waals surface area (Å²) in [6.45, 7) is 9.45. The predicted molar refractivity (Wildman–Crippen MR) is 306 cm³/mol. The van der Waals surface area contributed by atoms with Crippen molar-refractivity contribution in [2.45, 2.75) is 129 Å². The smallest absolute Gasteiger partial charge is 0.416 e. The molecule has 8 amide bonds. The molecular formula is C59H69BrN8O14. The second-order valence-electron chi connectivity index (χ2n) is 21.1. The first-order chi connectivity index (χ1) is 39.3. The van der Waals surface area contributed by atoms with E-state index < -0.39 is 48.2 Å². The van der Waals surface area contributed by atoms with Crippen LogP contribution in [0.15, 0.2) is 87.6 Å². The molecule has 4 N–H and O–H groups in total. The van der Waals surface area contributed by atoms with Gasteiger partial charge in [-0.15, -0.1) is 0 Å². The first kappa shape index (κ1) is 60.1. The monoisotopic (exact) mass is 1190 g/mol. The van der Waals surface area contributed by atoms with E-state index in [9.17, 15) is 43.5 Å². The van der Waals surface area contributed by atoms with E-state index in [1.165, 1.54) is 44.3 Å². The van der Waals surface area contributed by atoms with Crippen molar-refractivity contribution in [3.63, 3.8) is 0 Å². The minimum absolute atomic E-state index is 0.0629. The molecule has 8 rings (SSSR count). The fourth-order valence-electron chi connectivity index (χ4n) is 10.1. The average Bonchev–Trinajstić information content (AvgIpc) is 3.01. The Balaban J connectivity index is 0.826. The molecule has 5 aliphatic heterocycles. The van der Waals surface area contributed by atoms with Crippen molar-refractivity contribution in [1.82, 2.24) is 25.3 Å². The number of rotatable bonds is 24. The van der Waals surface area contributed by atoms with Gasteiger partial charge in [-0.3, -0.25) is 43.5 Å². The number of nitrogens with one attached hydrogen (secondary N) is 3. The zero-order valence-corrected chi connectivity index (χ0v) is 48.5. The average molecular weight is 1190 g/mol. The molecule has 0 aromatic heterocycles. The largest absolute Gasteiger partial charge is 0.493 e. The Morgan fingerprint density at radius 1 is 0.744 bits per heavy atom. The van der Waals surface area contributed by atoms with E-state index >= 15 is 0 Å². The van der Waals surface area contributed by atoms with Crippen LogP contribution in [0.5, 0.6) is 23.0 Å². The van der Waals surface area contributed by atoms with Crippen molar-refractivity contribution < 1.29 is 67.1 Å². The van der Waals surface area contributed by atoms with Crippen molar-refractivity contribution in [3.05, 3.63) is 99.3 Å². The molecule has 82 heavy (non-hydrogen) atoms. The van der Waals surface area contributed by atoms with Gasteiger partial charge in [-0.25, -0.2) is 9.69 Å². The summed E-state index contributed by atoms with van der Waals surface area (Å²) in [5.41, 5.74) is 3.95. The number of unbranched alkanes of at least 4 members (excludes halogenated alkanes) is 4. The molecule has 0 spiro atoms. The first-order valence-electron chi connectivity index (χ1n) is 27.4. The fraction of sp³-hybridized carbons (Fsp3) is 0.441. The Kier molecular flexibility index (Phi) is 19.5. The lowest BCUT2D eigenvalue weighted by Crippen LogP contribution is -2.53. The molecule has 5 aliphatic rings. The lowest BCUT2D eigenvalue weighted by molar-refractivity contribution is -0.137. The Morgan fingerprint density at radius 2 is 1.38 bits per heavy atom. The number of carbonyl (C=O) groups excluding carboxylic acids is 8.